The highest BCUT2D eigenvalue weighted by Gasteiger charge is 2.38. The Morgan fingerprint density at radius 2 is 1.78 bits per heavy atom. The average molecular weight is 376 g/mol. The molecular formula is C22H32O5. The highest BCUT2D eigenvalue weighted by molar-refractivity contribution is 5.85. The second-order valence-electron chi connectivity index (χ2n) is 6.84. The second kappa shape index (κ2) is 13.2. The van der Waals surface area contributed by atoms with Gasteiger partial charge in [0, 0.05) is 18.8 Å². The van der Waals surface area contributed by atoms with Crippen LogP contribution in [-0.2, 0) is 9.59 Å². The number of aliphatic hydroxyl groups is 2. The van der Waals surface area contributed by atoms with Gasteiger partial charge in [0.05, 0.1) is 12.2 Å². The number of carboxylic acid groups (broad SMARTS) is 1. The number of ketones is 1. The summed E-state index contributed by atoms with van der Waals surface area (Å²) in [4.78, 5) is 22.2. The molecule has 4 atom stereocenters. The molecule has 1 rings (SSSR count). The molecule has 1 aliphatic carbocycles. The lowest BCUT2D eigenvalue weighted by molar-refractivity contribution is -0.136. The number of aliphatic hydroxyl groups excluding tert-OH is 2. The molecule has 0 bridgehead atoms. The predicted molar refractivity (Wildman–Crippen MR) is 106 cm³/mol. The Hall–Kier alpha value is -1.98. The van der Waals surface area contributed by atoms with Gasteiger partial charge < -0.3 is 15.3 Å². The van der Waals surface area contributed by atoms with E-state index in [9.17, 15) is 19.8 Å². The normalized spacial score (nSPS) is 24.9. The minimum absolute atomic E-state index is 0.0418. The van der Waals surface area contributed by atoms with Crippen LogP contribution in [0, 0.1) is 11.8 Å². The summed E-state index contributed by atoms with van der Waals surface area (Å²) in [7, 11) is 0. The number of rotatable bonds is 12. The zero-order valence-corrected chi connectivity index (χ0v) is 16.0. The molecule has 1 fully saturated rings. The van der Waals surface area contributed by atoms with E-state index in [1.54, 1.807) is 12.2 Å². The van der Waals surface area contributed by atoms with E-state index in [0.29, 0.717) is 12.8 Å². The van der Waals surface area contributed by atoms with Crippen LogP contribution in [0.15, 0.2) is 48.6 Å². The molecule has 0 unspecified atom stereocenters. The maximum atomic E-state index is 11.9. The van der Waals surface area contributed by atoms with Gasteiger partial charge in [0.15, 0.2) is 0 Å². The summed E-state index contributed by atoms with van der Waals surface area (Å²) in [5, 5.41) is 28.4. The van der Waals surface area contributed by atoms with Gasteiger partial charge in [-0.2, -0.15) is 0 Å². The van der Waals surface area contributed by atoms with Crippen LogP contribution < -0.4 is 0 Å². The molecule has 0 aromatic rings. The van der Waals surface area contributed by atoms with E-state index in [2.05, 4.69) is 0 Å². The van der Waals surface area contributed by atoms with Crippen molar-refractivity contribution in [1.82, 2.24) is 0 Å². The van der Waals surface area contributed by atoms with E-state index in [4.69, 9.17) is 5.11 Å². The number of allylic oxidation sites excluding steroid dienone is 6. The number of hydrogen-bond acceptors (Lipinski definition) is 4. The number of hydrogen-bond donors (Lipinski definition) is 3. The Morgan fingerprint density at radius 3 is 2.41 bits per heavy atom. The van der Waals surface area contributed by atoms with Crippen LogP contribution >= 0.6 is 0 Å². The molecule has 0 aromatic heterocycles. The van der Waals surface area contributed by atoms with Crippen LogP contribution in [0.3, 0.4) is 0 Å². The molecule has 0 radical (unpaired) electrons. The first-order chi connectivity index (χ1) is 13.0. The third-order valence-corrected chi connectivity index (χ3v) is 4.70. The Bertz CT molecular complexity index is 573. The number of carbonyl (C=O) groups is 2. The molecule has 150 valence electrons. The first-order valence-corrected chi connectivity index (χ1v) is 9.69. The maximum absolute atomic E-state index is 11.9. The molecule has 1 aliphatic rings. The number of carboxylic acids is 1. The topological polar surface area (TPSA) is 94.8 Å². The van der Waals surface area contributed by atoms with E-state index in [1.807, 2.05) is 43.4 Å². The van der Waals surface area contributed by atoms with Crippen LogP contribution in [0.5, 0.6) is 0 Å². The molecule has 1 saturated carbocycles. The first-order valence-electron chi connectivity index (χ1n) is 9.69. The van der Waals surface area contributed by atoms with Gasteiger partial charge in [-0.3, -0.25) is 9.59 Å². The lowest BCUT2D eigenvalue weighted by atomic mass is 9.91. The third-order valence-electron chi connectivity index (χ3n) is 4.70. The minimum atomic E-state index is -0.782. The molecule has 0 heterocycles. The molecule has 5 heteroatoms. The van der Waals surface area contributed by atoms with E-state index < -0.39 is 18.2 Å². The summed E-state index contributed by atoms with van der Waals surface area (Å²) in [6.45, 7) is 1.96. The van der Waals surface area contributed by atoms with Gasteiger partial charge in [0.2, 0.25) is 0 Å². The van der Waals surface area contributed by atoms with Crippen molar-refractivity contribution in [3.8, 4) is 0 Å². The summed E-state index contributed by atoms with van der Waals surface area (Å²) >= 11 is 0. The van der Waals surface area contributed by atoms with Crippen LogP contribution in [0.25, 0.3) is 0 Å². The minimum Gasteiger partial charge on any atom is -0.481 e. The van der Waals surface area contributed by atoms with E-state index >= 15 is 0 Å². The third kappa shape index (κ3) is 9.50. The Kier molecular flexibility index (Phi) is 11.3. The molecule has 0 aliphatic heterocycles. The van der Waals surface area contributed by atoms with Crippen LogP contribution in [0.2, 0.25) is 0 Å². The van der Waals surface area contributed by atoms with E-state index in [-0.39, 0.29) is 30.5 Å². The molecule has 0 amide bonds. The zero-order valence-electron chi connectivity index (χ0n) is 16.0. The van der Waals surface area contributed by atoms with Crippen molar-refractivity contribution in [2.75, 3.05) is 0 Å². The summed E-state index contributed by atoms with van der Waals surface area (Å²) in [5.74, 6) is -1.06. The van der Waals surface area contributed by atoms with Crippen LogP contribution in [-0.4, -0.2) is 39.3 Å². The van der Waals surface area contributed by atoms with Gasteiger partial charge in [0.1, 0.15) is 5.78 Å². The molecule has 0 spiro atoms. The summed E-state index contributed by atoms with van der Waals surface area (Å²) in [6, 6.07) is 0. The largest absolute Gasteiger partial charge is 0.481 e. The Balaban J connectivity index is 2.22. The highest BCUT2D eigenvalue weighted by atomic mass is 16.4. The Labute approximate surface area is 161 Å². The lowest BCUT2D eigenvalue weighted by Gasteiger charge is -2.16. The van der Waals surface area contributed by atoms with Gasteiger partial charge in [0.25, 0.3) is 0 Å². The van der Waals surface area contributed by atoms with Crippen molar-refractivity contribution in [2.45, 2.75) is 64.1 Å². The average Bonchev–Trinajstić information content (AvgIpc) is 2.90. The number of Topliss-reactive ketones (excluding diaryl/α,β-unsaturated/α-hetero) is 1. The number of carbonyl (C=O) groups excluding carboxylic acids is 1. The summed E-state index contributed by atoms with van der Waals surface area (Å²) < 4.78 is 0. The monoisotopic (exact) mass is 376 g/mol. The fourth-order valence-electron chi connectivity index (χ4n) is 3.18. The number of aliphatic carboxylic acids is 1. The van der Waals surface area contributed by atoms with Gasteiger partial charge in [-0.15, -0.1) is 0 Å². The van der Waals surface area contributed by atoms with Crippen molar-refractivity contribution in [3.63, 3.8) is 0 Å². The van der Waals surface area contributed by atoms with Crippen LogP contribution in [0.4, 0.5) is 0 Å². The first kappa shape index (κ1) is 23.1. The van der Waals surface area contributed by atoms with Crippen molar-refractivity contribution >= 4 is 11.8 Å². The molecule has 3 N–H and O–H groups in total. The second-order valence-corrected chi connectivity index (χ2v) is 6.84. The fourth-order valence-corrected chi connectivity index (χ4v) is 3.18. The van der Waals surface area contributed by atoms with Crippen molar-refractivity contribution in [3.05, 3.63) is 48.6 Å². The SMILES string of the molecule is CC[C@@H]1[C@H](O)CC(=O)[C@H]1/C=C/[C@@H](O)C/C=C\C/C=C\C/C=C\CCC(=O)O. The Morgan fingerprint density at radius 1 is 1.15 bits per heavy atom. The standard InChI is InChI=1S/C22H32O5/c1-2-18-19(21(25)16-20(18)24)15-14-17(23)12-10-8-6-4-3-5-7-9-11-13-22(26)27/h3-4,7-10,14-15,17-20,23-24H,2,5-6,11-13,16H2,1H3,(H,26,27)/b4-3-,9-7-,10-8-,15-14+/t17-,18-,19-,20+/m0/s1. The van der Waals surface area contributed by atoms with Crippen molar-refractivity contribution in [2.24, 2.45) is 11.8 Å². The molecule has 0 saturated heterocycles. The van der Waals surface area contributed by atoms with E-state index in [0.717, 1.165) is 19.3 Å². The summed E-state index contributed by atoms with van der Waals surface area (Å²) in [5.41, 5.74) is 0. The van der Waals surface area contributed by atoms with Crippen LogP contribution in [0.1, 0.15) is 51.9 Å². The lowest BCUT2D eigenvalue weighted by Crippen LogP contribution is -2.18. The molecule has 27 heavy (non-hydrogen) atoms. The molecule has 0 aromatic carbocycles. The van der Waals surface area contributed by atoms with Crippen molar-refractivity contribution in [1.29, 1.82) is 0 Å². The van der Waals surface area contributed by atoms with Gasteiger partial charge >= 0.3 is 5.97 Å². The van der Waals surface area contributed by atoms with Gasteiger partial charge in [-0.1, -0.05) is 55.5 Å². The quantitative estimate of drug-likeness (QED) is 0.453. The van der Waals surface area contributed by atoms with E-state index in [1.165, 1.54) is 0 Å². The highest BCUT2D eigenvalue weighted by Crippen LogP contribution is 2.32. The molecule has 5 nitrogen and oxygen atoms in total. The molecular weight excluding hydrogens is 344 g/mol. The van der Waals surface area contributed by atoms with Gasteiger partial charge in [-0.05, 0) is 38.0 Å². The van der Waals surface area contributed by atoms with Crippen molar-refractivity contribution < 1.29 is 24.9 Å². The maximum Gasteiger partial charge on any atom is 0.303 e. The smallest absolute Gasteiger partial charge is 0.303 e. The zero-order chi connectivity index (χ0) is 20.1. The summed E-state index contributed by atoms with van der Waals surface area (Å²) in [6.07, 6.45) is 17.7. The fraction of sp³-hybridized carbons (Fsp3) is 0.545. The predicted octanol–water partition coefficient (Wildman–Crippen LogP) is 3.58. The van der Waals surface area contributed by atoms with Gasteiger partial charge in [-0.25, -0.2) is 0 Å².